The largest absolute Gasteiger partial charge is 1.00 e. The van der Waals surface area contributed by atoms with E-state index in [0.29, 0.717) is 11.7 Å². The van der Waals surface area contributed by atoms with E-state index < -0.39 is 34.2 Å². The number of β-lactam (4-membered cyclic amide) rings is 1. The van der Waals surface area contributed by atoms with Gasteiger partial charge in [0.15, 0.2) is 0 Å². The molecule has 2 aliphatic heterocycles. The maximum atomic E-state index is 12.8. The summed E-state index contributed by atoms with van der Waals surface area (Å²) in [7, 11) is 0. The van der Waals surface area contributed by atoms with Crippen LogP contribution >= 0.6 is 23.5 Å². The van der Waals surface area contributed by atoms with Crippen LogP contribution in [0.25, 0.3) is 11.0 Å². The summed E-state index contributed by atoms with van der Waals surface area (Å²) in [5, 5.41) is 22.2. The Morgan fingerprint density at radius 3 is 2.75 bits per heavy atom. The number of aliphatic hydroxyl groups is 1. The van der Waals surface area contributed by atoms with Crippen molar-refractivity contribution in [2.24, 2.45) is 5.92 Å². The van der Waals surface area contributed by atoms with Gasteiger partial charge in [0.2, 0.25) is 5.91 Å². The van der Waals surface area contributed by atoms with Crippen LogP contribution in [-0.4, -0.2) is 53.9 Å². The number of aliphatic hydroxyl groups excluding tert-OH is 1. The van der Waals surface area contributed by atoms with Crippen molar-refractivity contribution in [2.45, 2.75) is 42.0 Å². The molecule has 144 valence electrons. The maximum absolute atomic E-state index is 12.8. The predicted molar refractivity (Wildman–Crippen MR) is 103 cm³/mol. The number of amides is 1. The van der Waals surface area contributed by atoms with Crippen molar-refractivity contribution >= 4 is 46.4 Å². The molecule has 1 aromatic heterocycles. The van der Waals surface area contributed by atoms with Crippen molar-refractivity contribution in [1.82, 2.24) is 14.5 Å². The Kier molecular flexibility index (Phi) is 6.64. The zero-order valence-electron chi connectivity index (χ0n) is 16.2. The van der Waals surface area contributed by atoms with E-state index in [1.165, 1.54) is 16.7 Å². The molecule has 2 aliphatic rings. The van der Waals surface area contributed by atoms with E-state index in [0.717, 1.165) is 11.0 Å². The molecule has 0 aliphatic carbocycles. The van der Waals surface area contributed by atoms with Crippen LogP contribution in [0.1, 0.15) is 25.8 Å². The van der Waals surface area contributed by atoms with Crippen LogP contribution in [0, 0.1) is 5.92 Å². The average Bonchev–Trinajstić information content (AvgIpc) is 3.08. The summed E-state index contributed by atoms with van der Waals surface area (Å²) in [5.41, 5.74) is 1.66. The maximum Gasteiger partial charge on any atom is 1.00 e. The number of carbonyl (C=O) groups excluding carboxylic acids is 2. The molecule has 7 nitrogen and oxygen atoms in total. The van der Waals surface area contributed by atoms with Gasteiger partial charge in [0.1, 0.15) is 17.8 Å². The normalized spacial score (nSPS) is 26.5. The molecule has 0 saturated carbocycles. The van der Waals surface area contributed by atoms with Crippen LogP contribution in [-0.2, 0) is 15.5 Å². The van der Waals surface area contributed by atoms with Crippen LogP contribution in [0.4, 0.5) is 0 Å². The molecular formula is C18H20KN3O4S2. The minimum atomic E-state index is -1.26. The average molecular weight is 446 g/mol. The number of nitrogens with zero attached hydrogens (tertiary/aromatic N) is 3. The van der Waals surface area contributed by atoms with E-state index in [4.69, 9.17) is 0 Å². The van der Waals surface area contributed by atoms with Crippen LogP contribution < -0.4 is 56.5 Å². The zero-order valence-corrected chi connectivity index (χ0v) is 20.9. The van der Waals surface area contributed by atoms with Crippen molar-refractivity contribution in [3.05, 3.63) is 30.1 Å². The van der Waals surface area contributed by atoms with Gasteiger partial charge in [-0.1, -0.05) is 12.1 Å². The first-order chi connectivity index (χ1) is 12.8. The van der Waals surface area contributed by atoms with Gasteiger partial charge >= 0.3 is 51.4 Å². The molecule has 1 aromatic carbocycles. The number of thioether (sulfide) groups is 2. The Labute approximate surface area is 214 Å². The smallest absolute Gasteiger partial charge is 0.548 e. The summed E-state index contributed by atoms with van der Waals surface area (Å²) < 4.78 is 1.24. The Bertz CT molecular complexity index is 935. The van der Waals surface area contributed by atoms with Crippen LogP contribution in [0.15, 0.2) is 24.3 Å². The number of hydrogen-bond acceptors (Lipinski definition) is 7. The molecule has 4 atom stereocenters. The Morgan fingerprint density at radius 2 is 2.11 bits per heavy atom. The van der Waals surface area contributed by atoms with Gasteiger partial charge in [-0.25, -0.2) is 4.98 Å². The minimum absolute atomic E-state index is 0. The van der Waals surface area contributed by atoms with Gasteiger partial charge < -0.3 is 24.5 Å². The molecule has 3 heterocycles. The third kappa shape index (κ3) is 3.39. The number of benzene rings is 1. The second-order valence-corrected chi connectivity index (χ2v) is 9.96. The van der Waals surface area contributed by atoms with Crippen LogP contribution in [0.5, 0.6) is 0 Å². The molecule has 4 rings (SSSR count). The molecule has 1 amide bonds. The van der Waals surface area contributed by atoms with Gasteiger partial charge in [0.05, 0.1) is 34.3 Å². The molecule has 2 fully saturated rings. The monoisotopic (exact) mass is 445 g/mol. The Balaban J connectivity index is 0.00000225. The summed E-state index contributed by atoms with van der Waals surface area (Å²) >= 11 is 2.99. The number of aliphatic carboxylic acids is 1. The summed E-state index contributed by atoms with van der Waals surface area (Å²) in [6.45, 7) is 3.58. The summed E-state index contributed by atoms with van der Waals surface area (Å²) in [4.78, 5) is 30.2. The first-order valence-electron chi connectivity index (χ1n) is 8.61. The second-order valence-electron chi connectivity index (χ2n) is 7.35. The number of imidazole rings is 1. The number of fused-ring (bicyclic) bond motifs is 2. The molecule has 2 aromatic rings. The third-order valence-corrected chi connectivity index (χ3v) is 7.36. The van der Waals surface area contributed by atoms with E-state index in [-0.39, 0.29) is 57.3 Å². The number of carboxylic acid groups (broad SMARTS) is 1. The van der Waals surface area contributed by atoms with Crippen molar-refractivity contribution in [3.8, 4) is 0 Å². The zero-order chi connectivity index (χ0) is 19.5. The van der Waals surface area contributed by atoms with Crippen molar-refractivity contribution in [1.29, 1.82) is 0 Å². The first kappa shape index (κ1) is 22.6. The predicted octanol–water partition coefficient (Wildman–Crippen LogP) is -2.18. The van der Waals surface area contributed by atoms with Gasteiger partial charge in [-0.2, -0.15) is 0 Å². The molecule has 0 bridgehead atoms. The summed E-state index contributed by atoms with van der Waals surface area (Å²) in [6, 6.07) is 6.60. The van der Waals surface area contributed by atoms with Crippen LogP contribution in [0.2, 0.25) is 0 Å². The molecular weight excluding hydrogens is 425 g/mol. The SMILES string of the molecule is CSCn1c([C@@H](O)[C@@H]2C(=O)N3[C@@H]2SC(C)(C)[C@@H]3C(=O)[O-])nc2ccccc21.[K+]. The summed E-state index contributed by atoms with van der Waals surface area (Å²) in [5.74, 6) is -1.29. The van der Waals surface area contributed by atoms with Gasteiger partial charge in [0, 0.05) is 4.75 Å². The number of rotatable bonds is 5. The number of carboxylic acids is 1. The minimum Gasteiger partial charge on any atom is -0.548 e. The molecule has 0 unspecified atom stereocenters. The van der Waals surface area contributed by atoms with Gasteiger partial charge in [-0.05, 0) is 32.2 Å². The molecule has 28 heavy (non-hydrogen) atoms. The van der Waals surface area contributed by atoms with Gasteiger partial charge in [0.25, 0.3) is 0 Å². The van der Waals surface area contributed by atoms with Crippen LogP contribution in [0.3, 0.4) is 0 Å². The quantitative estimate of drug-likeness (QED) is 0.413. The molecule has 2 saturated heterocycles. The van der Waals surface area contributed by atoms with Crippen molar-refractivity contribution in [2.75, 3.05) is 6.26 Å². The first-order valence-corrected chi connectivity index (χ1v) is 10.9. The van der Waals surface area contributed by atoms with E-state index in [1.807, 2.05) is 35.1 Å². The fourth-order valence-corrected chi connectivity index (χ4v) is 6.30. The standard InChI is InChI=1S/C18H21N3O4S2.K/c1-18(2)13(17(24)25)21-15(23)11(16(21)27-18)12(22)14-19-9-6-4-5-7-10(9)20(14)8-26-3;/h4-7,11-13,16,22H,8H2,1-3H3,(H,24,25);/q;+1/p-1/t11-,12+,13+,16-;/m1./s1. The molecule has 0 spiro atoms. The number of carbonyl (C=O) groups is 2. The fraction of sp³-hybridized carbons (Fsp3) is 0.500. The van der Waals surface area contributed by atoms with Crippen molar-refractivity contribution in [3.63, 3.8) is 0 Å². The third-order valence-electron chi connectivity index (χ3n) is 5.25. The molecule has 0 radical (unpaired) electrons. The summed E-state index contributed by atoms with van der Waals surface area (Å²) in [6.07, 6.45) is 0.864. The van der Waals surface area contributed by atoms with E-state index in [9.17, 15) is 19.8 Å². The van der Waals surface area contributed by atoms with E-state index in [1.54, 1.807) is 25.6 Å². The number of hydrogen-bond donors (Lipinski definition) is 1. The van der Waals surface area contributed by atoms with Gasteiger partial charge in [-0.3, -0.25) is 4.79 Å². The Morgan fingerprint density at radius 1 is 1.43 bits per heavy atom. The topological polar surface area (TPSA) is 98.5 Å². The molecule has 10 heteroatoms. The van der Waals surface area contributed by atoms with E-state index >= 15 is 0 Å². The Hall–Kier alpha value is -0.0736. The van der Waals surface area contributed by atoms with Crippen molar-refractivity contribution < 1.29 is 71.2 Å². The fourth-order valence-electron chi connectivity index (χ4n) is 4.06. The number of aromatic nitrogens is 2. The van der Waals surface area contributed by atoms with Gasteiger partial charge in [-0.15, -0.1) is 23.5 Å². The molecule has 1 N–H and O–H groups in total. The second kappa shape index (κ2) is 8.22. The van der Waals surface area contributed by atoms with E-state index in [2.05, 4.69) is 4.98 Å². The number of para-hydroxylation sites is 2.